The van der Waals surface area contributed by atoms with E-state index in [-0.39, 0.29) is 58.0 Å². The Kier molecular flexibility index (Phi) is 210000. The Balaban J connectivity index is 0. The Morgan fingerprint density at radius 3 is 0.286 bits per heavy atom. The van der Waals surface area contributed by atoms with Gasteiger partial charge in [-0.15, -0.1) is 0 Å². The zero-order chi connectivity index (χ0) is 0. The van der Waals surface area contributed by atoms with Crippen molar-refractivity contribution in [3.8, 4) is 0 Å². The zero-order valence-corrected chi connectivity index (χ0v) is 7.58. The van der Waals surface area contributed by atoms with E-state index in [1.165, 1.54) is 0 Å². The molecule has 0 spiro atoms. The number of rotatable bonds is 0. The molecular formula is H18N6W. The van der Waals surface area contributed by atoms with Crippen LogP contribution in [0.15, 0.2) is 0 Å². The Labute approximate surface area is 58.6 Å². The molecule has 0 aliphatic heterocycles. The monoisotopic (exact) mass is 286 g/mol. The Morgan fingerprint density at radius 1 is 0.286 bits per heavy atom. The standard InChI is InChI=1S/6H3N.W/h6*1H3;. The summed E-state index contributed by atoms with van der Waals surface area (Å²) in [5, 5.41) is 0. The van der Waals surface area contributed by atoms with Crippen molar-refractivity contribution < 1.29 is 21.1 Å². The van der Waals surface area contributed by atoms with Gasteiger partial charge in [0.05, 0.1) is 0 Å². The van der Waals surface area contributed by atoms with E-state index in [1.807, 2.05) is 0 Å². The molecule has 0 aromatic rings. The SMILES string of the molecule is N.N.N.N.N.N.[W]. The van der Waals surface area contributed by atoms with E-state index in [2.05, 4.69) is 0 Å². The fourth-order valence-corrected chi connectivity index (χ4v) is 0. The second-order valence-electron chi connectivity index (χ2n) is 0. The van der Waals surface area contributed by atoms with Crippen molar-refractivity contribution in [2.24, 2.45) is 0 Å². The quantitative estimate of drug-likeness (QED) is 0.381. The summed E-state index contributed by atoms with van der Waals surface area (Å²) in [6.45, 7) is 0. The maximum atomic E-state index is 0. The third kappa shape index (κ3) is 635. The molecule has 0 saturated carbocycles. The molecule has 7 heteroatoms. The van der Waals surface area contributed by atoms with E-state index in [0.717, 1.165) is 0 Å². The van der Waals surface area contributed by atoms with Gasteiger partial charge in [0.15, 0.2) is 0 Å². The molecule has 0 unspecified atom stereocenters. The summed E-state index contributed by atoms with van der Waals surface area (Å²) in [5.41, 5.74) is 0. The minimum Gasteiger partial charge on any atom is -0.344 e. The minimum absolute atomic E-state index is 0. The van der Waals surface area contributed by atoms with Crippen LogP contribution in [0.25, 0.3) is 0 Å². The van der Waals surface area contributed by atoms with E-state index < -0.39 is 0 Å². The molecule has 0 amide bonds. The van der Waals surface area contributed by atoms with Crippen LogP contribution in [0.2, 0.25) is 0 Å². The van der Waals surface area contributed by atoms with Crippen LogP contribution in [0.5, 0.6) is 0 Å². The molecule has 0 atom stereocenters. The predicted molar refractivity (Wildman–Crippen MR) is 30.1 cm³/mol. The first-order chi connectivity index (χ1) is 0. The van der Waals surface area contributed by atoms with Gasteiger partial charge in [0, 0.05) is 21.1 Å². The van der Waals surface area contributed by atoms with Crippen molar-refractivity contribution in [3.63, 3.8) is 0 Å². The average molecular weight is 286 g/mol. The molecule has 0 aromatic carbocycles. The largest absolute Gasteiger partial charge is 0.344 e. The van der Waals surface area contributed by atoms with Crippen LogP contribution in [0, 0.1) is 0 Å². The molecule has 0 heterocycles. The van der Waals surface area contributed by atoms with Crippen molar-refractivity contribution >= 4 is 0 Å². The zero-order valence-electron chi connectivity index (χ0n) is 4.65. The van der Waals surface area contributed by atoms with E-state index in [9.17, 15) is 0 Å². The topological polar surface area (TPSA) is 210 Å². The van der Waals surface area contributed by atoms with E-state index >= 15 is 0 Å². The van der Waals surface area contributed by atoms with Crippen LogP contribution >= 0.6 is 0 Å². The molecule has 18 N–H and O–H groups in total. The summed E-state index contributed by atoms with van der Waals surface area (Å²) in [7, 11) is 0. The summed E-state index contributed by atoms with van der Waals surface area (Å²) in [6, 6.07) is 0. The second-order valence-corrected chi connectivity index (χ2v) is 0. The Morgan fingerprint density at radius 2 is 0.286 bits per heavy atom. The third-order valence-electron chi connectivity index (χ3n) is 0. The maximum absolute atomic E-state index is 0. The molecule has 0 bridgehead atoms. The molecule has 0 aliphatic carbocycles. The molecule has 0 saturated heterocycles. The molecule has 0 aliphatic rings. The van der Waals surface area contributed by atoms with Crippen molar-refractivity contribution in [1.82, 2.24) is 36.9 Å². The fraction of sp³-hybridized carbons (Fsp3) is 0. The normalized spacial score (nSPS) is 0. The van der Waals surface area contributed by atoms with Gasteiger partial charge < -0.3 is 36.9 Å². The van der Waals surface area contributed by atoms with E-state index in [0.29, 0.717) is 0 Å². The van der Waals surface area contributed by atoms with Crippen LogP contribution in [0.3, 0.4) is 0 Å². The van der Waals surface area contributed by atoms with E-state index in [1.54, 1.807) is 0 Å². The van der Waals surface area contributed by atoms with Crippen LogP contribution in [0.1, 0.15) is 0 Å². The predicted octanol–water partition coefficient (Wildman–Crippen LogP) is 0.969. The molecular weight excluding hydrogens is 268 g/mol. The molecule has 6 nitrogen and oxygen atoms in total. The van der Waals surface area contributed by atoms with Gasteiger partial charge in [-0.25, -0.2) is 0 Å². The molecule has 0 radical (unpaired) electrons. The van der Waals surface area contributed by atoms with Gasteiger partial charge in [-0.05, 0) is 0 Å². The molecule has 54 valence electrons. The van der Waals surface area contributed by atoms with Gasteiger partial charge in [0.1, 0.15) is 0 Å². The van der Waals surface area contributed by atoms with E-state index in [4.69, 9.17) is 0 Å². The van der Waals surface area contributed by atoms with Gasteiger partial charge >= 0.3 is 0 Å². The summed E-state index contributed by atoms with van der Waals surface area (Å²) < 4.78 is 0. The number of hydrogen-bond acceptors (Lipinski definition) is 6. The first-order valence-electron chi connectivity index (χ1n) is 0. The number of hydrogen-bond donors (Lipinski definition) is 6. The Hall–Kier alpha value is 0.448. The van der Waals surface area contributed by atoms with Crippen LogP contribution in [-0.4, -0.2) is 0 Å². The Bertz CT molecular complexity index is 4.14. The van der Waals surface area contributed by atoms with Gasteiger partial charge in [-0.1, -0.05) is 0 Å². The molecule has 0 rings (SSSR count). The van der Waals surface area contributed by atoms with Gasteiger partial charge in [-0.3, -0.25) is 0 Å². The van der Waals surface area contributed by atoms with Crippen LogP contribution in [0.4, 0.5) is 0 Å². The molecule has 0 aromatic heterocycles. The van der Waals surface area contributed by atoms with Gasteiger partial charge in [0.2, 0.25) is 0 Å². The average Bonchev–Trinajstić information content (AvgIpc) is 0. The third-order valence-corrected chi connectivity index (χ3v) is 0. The van der Waals surface area contributed by atoms with Crippen LogP contribution < -0.4 is 36.9 Å². The van der Waals surface area contributed by atoms with Crippen molar-refractivity contribution in [1.29, 1.82) is 0 Å². The molecule has 0 fully saturated rings. The smallest absolute Gasteiger partial charge is 0 e. The first-order valence-corrected chi connectivity index (χ1v) is 0. The summed E-state index contributed by atoms with van der Waals surface area (Å²) >= 11 is 0. The van der Waals surface area contributed by atoms with Gasteiger partial charge in [0.25, 0.3) is 0 Å². The van der Waals surface area contributed by atoms with Crippen molar-refractivity contribution in [2.45, 2.75) is 0 Å². The fourth-order valence-electron chi connectivity index (χ4n) is 0. The maximum Gasteiger partial charge on any atom is 0 e. The second kappa shape index (κ2) is 952. The minimum atomic E-state index is 0. The summed E-state index contributed by atoms with van der Waals surface area (Å²) in [6.07, 6.45) is 0. The first kappa shape index (κ1) is 1540. The summed E-state index contributed by atoms with van der Waals surface area (Å²) in [4.78, 5) is 0. The summed E-state index contributed by atoms with van der Waals surface area (Å²) in [5.74, 6) is 0. The van der Waals surface area contributed by atoms with Crippen molar-refractivity contribution in [3.05, 3.63) is 0 Å². The van der Waals surface area contributed by atoms with Crippen molar-refractivity contribution in [2.75, 3.05) is 0 Å². The van der Waals surface area contributed by atoms with Crippen LogP contribution in [-0.2, 0) is 21.1 Å². The van der Waals surface area contributed by atoms with Gasteiger partial charge in [-0.2, -0.15) is 0 Å². The molecule has 7 heavy (non-hydrogen) atoms.